The molecular formula is C11H14N3O3Se+. The van der Waals surface area contributed by atoms with Crippen LogP contribution in [-0.4, -0.2) is 61.8 Å². The maximum absolute atomic E-state index is 12.3. The molecular weight excluding hydrogens is 301 g/mol. The zero-order valence-electron chi connectivity index (χ0n) is 10.4. The molecule has 0 aliphatic heterocycles. The minimum atomic E-state index is -0.579. The van der Waals surface area contributed by atoms with E-state index in [4.69, 9.17) is 0 Å². The first-order valence-electron chi connectivity index (χ1n) is 5.15. The van der Waals surface area contributed by atoms with Gasteiger partial charge in [0.1, 0.15) is 0 Å². The van der Waals surface area contributed by atoms with Crippen molar-refractivity contribution in [2.24, 2.45) is 0 Å². The summed E-state index contributed by atoms with van der Waals surface area (Å²) in [5, 5.41) is 10.9. The Hall–Kier alpha value is -1.56. The second-order valence-corrected chi connectivity index (χ2v) is 4.93. The third-order valence-corrected chi connectivity index (χ3v) is 4.04. The first kappa shape index (κ1) is 14.5. The maximum atomic E-state index is 12.3. The molecule has 0 saturated heterocycles. The summed E-state index contributed by atoms with van der Waals surface area (Å²) in [6.07, 6.45) is 0. The van der Waals surface area contributed by atoms with Gasteiger partial charge in [-0.2, -0.15) is 0 Å². The molecule has 0 bridgehead atoms. The average molecular weight is 315 g/mol. The molecule has 0 unspecified atom stereocenters. The molecule has 1 rings (SSSR count). The van der Waals surface area contributed by atoms with Crippen molar-refractivity contribution in [2.45, 2.75) is 0 Å². The van der Waals surface area contributed by atoms with Gasteiger partial charge in [0.2, 0.25) is 0 Å². The predicted molar refractivity (Wildman–Crippen MR) is 68.4 cm³/mol. The number of hydrogen-bond acceptors (Lipinski definition) is 3. The summed E-state index contributed by atoms with van der Waals surface area (Å²) < 4.78 is -0.0320. The van der Waals surface area contributed by atoms with Crippen molar-refractivity contribution in [1.29, 1.82) is 0 Å². The van der Waals surface area contributed by atoms with Crippen molar-refractivity contribution >= 4 is 26.1 Å². The molecule has 1 aromatic rings. The van der Waals surface area contributed by atoms with Crippen molar-refractivity contribution in [3.05, 3.63) is 46.0 Å². The number of hydrazine groups is 1. The van der Waals surface area contributed by atoms with E-state index < -0.39 is 5.03 Å². The Morgan fingerprint density at radius 3 is 2.28 bits per heavy atom. The molecule has 0 N–H and O–H groups in total. The van der Waals surface area contributed by atoms with E-state index in [1.807, 2.05) is 6.07 Å². The number of nitro groups is 1. The van der Waals surface area contributed by atoms with Crippen LogP contribution < -0.4 is 0 Å². The second kappa shape index (κ2) is 5.39. The molecule has 0 saturated carbocycles. The quantitative estimate of drug-likeness (QED) is 0.347. The Balaban J connectivity index is 3.04. The fraction of sp³-hybridized carbons (Fsp3) is 0.273. The average Bonchev–Trinajstić information content (AvgIpc) is 2.36. The molecule has 0 radical (unpaired) electrons. The summed E-state index contributed by atoms with van der Waals surface area (Å²) in [6, 6.07) is 8.68. The van der Waals surface area contributed by atoms with Crippen LogP contribution in [0.4, 0.5) is 0 Å². The van der Waals surface area contributed by atoms with Crippen LogP contribution in [0.1, 0.15) is 10.4 Å². The van der Waals surface area contributed by atoms with Gasteiger partial charge in [0.05, 0.1) is 0 Å². The molecule has 0 heterocycles. The number of amides is 1. The van der Waals surface area contributed by atoms with Gasteiger partial charge in [-0.1, -0.05) is 0 Å². The molecule has 0 fully saturated rings. The Bertz CT molecular complexity index is 488. The molecule has 0 aromatic heterocycles. The zero-order valence-corrected chi connectivity index (χ0v) is 12.1. The van der Waals surface area contributed by atoms with Crippen LogP contribution in [0.15, 0.2) is 30.3 Å². The van der Waals surface area contributed by atoms with Crippen LogP contribution in [0, 0.1) is 10.1 Å². The van der Waals surface area contributed by atoms with Gasteiger partial charge in [-0.15, -0.1) is 0 Å². The van der Waals surface area contributed by atoms with Crippen molar-refractivity contribution in [3.63, 3.8) is 0 Å². The van der Waals surface area contributed by atoms with Gasteiger partial charge in [0.15, 0.2) is 0 Å². The van der Waals surface area contributed by atoms with Crippen LogP contribution in [0.3, 0.4) is 0 Å². The van der Waals surface area contributed by atoms with Gasteiger partial charge >= 0.3 is 113 Å². The second-order valence-electron chi connectivity index (χ2n) is 4.17. The van der Waals surface area contributed by atoms with E-state index in [0.29, 0.717) is 5.56 Å². The van der Waals surface area contributed by atoms with E-state index in [2.05, 4.69) is 15.6 Å². The predicted octanol–water partition coefficient (Wildman–Crippen LogP) is 0.283. The van der Waals surface area contributed by atoms with Crippen molar-refractivity contribution in [3.8, 4) is 0 Å². The molecule has 6 nitrogen and oxygen atoms in total. The molecule has 96 valence electrons. The summed E-state index contributed by atoms with van der Waals surface area (Å²) in [5.74, 6) is -0.224. The fourth-order valence-corrected chi connectivity index (χ4v) is 1.74. The number of carbonyl (C=O) groups is 1. The topological polar surface area (TPSA) is 63.5 Å². The van der Waals surface area contributed by atoms with Gasteiger partial charge < -0.3 is 0 Å². The molecule has 0 spiro atoms. The van der Waals surface area contributed by atoms with Crippen LogP contribution in [0.2, 0.25) is 0 Å². The summed E-state index contributed by atoms with van der Waals surface area (Å²) in [5.41, 5.74) is 0.506. The first-order chi connectivity index (χ1) is 8.28. The monoisotopic (exact) mass is 316 g/mol. The molecule has 7 heteroatoms. The van der Waals surface area contributed by atoms with Gasteiger partial charge in [0, 0.05) is 0 Å². The zero-order chi connectivity index (χ0) is 13.9. The third kappa shape index (κ3) is 2.81. The summed E-state index contributed by atoms with van der Waals surface area (Å²) in [6.45, 7) is 0. The molecule has 0 aliphatic carbocycles. The van der Waals surface area contributed by atoms with Gasteiger partial charge in [-0.25, -0.2) is 0 Å². The molecule has 0 aliphatic rings. The molecule has 1 aromatic carbocycles. The van der Waals surface area contributed by atoms with E-state index in [1.165, 1.54) is 7.05 Å². The fourth-order valence-electron chi connectivity index (χ4n) is 1.42. The van der Waals surface area contributed by atoms with Crippen molar-refractivity contribution in [2.75, 3.05) is 21.1 Å². The number of carbonyl (C=O) groups excluding carboxylic acids is 1. The van der Waals surface area contributed by atoms with Crippen molar-refractivity contribution in [1.82, 2.24) is 5.01 Å². The number of quaternary nitrogens is 1. The van der Waals surface area contributed by atoms with Crippen LogP contribution in [0.5, 0.6) is 0 Å². The van der Waals surface area contributed by atoms with Crippen LogP contribution in [0.25, 0.3) is 0 Å². The number of nitrogens with zero attached hydrogens (tertiary/aromatic N) is 3. The number of rotatable bonds is 4. The van der Waals surface area contributed by atoms with Crippen LogP contribution in [-0.2, 0) is 0 Å². The summed E-state index contributed by atoms with van der Waals surface area (Å²) in [4.78, 5) is 23.0. The third-order valence-electron chi connectivity index (χ3n) is 2.53. The normalized spacial score (nSPS) is 10.8. The Kier molecular flexibility index (Phi) is 4.34. The Morgan fingerprint density at radius 2 is 1.83 bits per heavy atom. The van der Waals surface area contributed by atoms with E-state index in [-0.39, 0.29) is 15.1 Å². The minimum absolute atomic E-state index is 0.217. The SMILES string of the molecule is CN(C(=[Se])[N+](C)(C)C(=O)c1ccccc1)[N+](=O)[O-]. The molecule has 0 atom stereocenters. The number of benzene rings is 1. The van der Waals surface area contributed by atoms with Crippen molar-refractivity contribution < 1.29 is 14.3 Å². The summed E-state index contributed by atoms with van der Waals surface area (Å²) >= 11 is 2.60. The van der Waals surface area contributed by atoms with Crippen LogP contribution >= 0.6 is 0 Å². The Labute approximate surface area is 113 Å². The van der Waals surface area contributed by atoms with Gasteiger partial charge in [-0.3, -0.25) is 0 Å². The van der Waals surface area contributed by atoms with E-state index in [9.17, 15) is 14.9 Å². The molecule has 1 amide bonds. The van der Waals surface area contributed by atoms with E-state index in [1.54, 1.807) is 38.4 Å². The Morgan fingerprint density at radius 1 is 1.33 bits per heavy atom. The van der Waals surface area contributed by atoms with Gasteiger partial charge in [0.25, 0.3) is 0 Å². The summed E-state index contributed by atoms with van der Waals surface area (Å²) in [7, 11) is 4.49. The standard InChI is InChI=1S/C11H14N3O3Se/c1-12(13(16)17)11(18)14(2,3)10(15)9-7-5-4-6-8-9/h4-8H,1-3H3/q+1. The van der Waals surface area contributed by atoms with E-state index in [0.717, 1.165) is 5.01 Å². The van der Waals surface area contributed by atoms with Gasteiger partial charge in [-0.05, 0) is 0 Å². The van der Waals surface area contributed by atoms with E-state index >= 15 is 0 Å². The molecule has 18 heavy (non-hydrogen) atoms. The first-order valence-corrected chi connectivity index (χ1v) is 6.00. The number of hydrogen-bond donors (Lipinski definition) is 0.